The van der Waals surface area contributed by atoms with Gasteiger partial charge in [-0.15, -0.1) is 0 Å². The fraction of sp³-hybridized carbons (Fsp3) is 0.231. The van der Waals surface area contributed by atoms with E-state index in [0.29, 0.717) is 22.8 Å². The Hall–Kier alpha value is -4.58. The molecule has 0 spiro atoms. The number of carbonyl (C=O) groups excluding carboxylic acids is 1. The number of pyridine rings is 1. The molecule has 0 radical (unpaired) electrons. The monoisotopic (exact) mass is 466 g/mol. The van der Waals surface area contributed by atoms with Crippen molar-refractivity contribution in [3.8, 4) is 6.07 Å². The van der Waals surface area contributed by atoms with Crippen molar-refractivity contribution >= 4 is 23.2 Å². The number of nitrogens with one attached hydrogen (secondary N) is 3. The van der Waals surface area contributed by atoms with E-state index in [-0.39, 0.29) is 5.91 Å². The molecule has 4 aromatic rings. The first-order valence-corrected chi connectivity index (χ1v) is 11.2. The molecule has 0 bridgehead atoms. The number of aromatic amines is 1. The first kappa shape index (κ1) is 23.6. The number of hydrogen-bond donors (Lipinski definition) is 3. The summed E-state index contributed by atoms with van der Waals surface area (Å²) in [5, 5.41) is 22.8. The molecule has 35 heavy (non-hydrogen) atoms. The van der Waals surface area contributed by atoms with E-state index in [9.17, 15) is 10.1 Å². The molecule has 0 saturated carbocycles. The van der Waals surface area contributed by atoms with Crippen molar-refractivity contribution in [1.82, 2.24) is 25.1 Å². The molecular weight excluding hydrogens is 440 g/mol. The highest BCUT2D eigenvalue weighted by Crippen LogP contribution is 2.22. The molecule has 1 aromatic carbocycles. The van der Waals surface area contributed by atoms with Gasteiger partial charge in [-0.3, -0.25) is 19.9 Å². The SMILES string of the molecule is Cc1ccc(NC(=O)c2ccnc(C(C)(C)C#N)c2)cc1CCc1cc(Nc2cnccn2)[nH]n1. The highest BCUT2D eigenvalue weighted by Gasteiger charge is 2.22. The van der Waals surface area contributed by atoms with Crippen LogP contribution >= 0.6 is 0 Å². The number of nitriles is 1. The van der Waals surface area contributed by atoms with Gasteiger partial charge in [0, 0.05) is 35.9 Å². The number of hydrogen-bond acceptors (Lipinski definition) is 7. The zero-order chi connectivity index (χ0) is 24.8. The predicted molar refractivity (Wildman–Crippen MR) is 133 cm³/mol. The third kappa shape index (κ3) is 5.86. The van der Waals surface area contributed by atoms with E-state index < -0.39 is 5.41 Å². The summed E-state index contributed by atoms with van der Waals surface area (Å²) < 4.78 is 0. The lowest BCUT2D eigenvalue weighted by Gasteiger charge is -2.15. The van der Waals surface area contributed by atoms with Gasteiger partial charge in [-0.1, -0.05) is 6.07 Å². The Morgan fingerprint density at radius 2 is 1.94 bits per heavy atom. The number of carbonyl (C=O) groups is 1. The lowest BCUT2D eigenvalue weighted by atomic mass is 9.90. The normalized spacial score (nSPS) is 11.0. The average molecular weight is 467 g/mol. The third-order valence-corrected chi connectivity index (χ3v) is 5.66. The van der Waals surface area contributed by atoms with Gasteiger partial charge in [0.15, 0.2) is 0 Å². The van der Waals surface area contributed by atoms with Crippen molar-refractivity contribution < 1.29 is 4.79 Å². The van der Waals surface area contributed by atoms with Crippen molar-refractivity contribution in [3.63, 3.8) is 0 Å². The molecule has 176 valence electrons. The molecule has 3 heterocycles. The van der Waals surface area contributed by atoms with Gasteiger partial charge in [-0.05, 0) is 69.0 Å². The number of aromatic nitrogens is 5. The smallest absolute Gasteiger partial charge is 0.255 e. The molecule has 4 rings (SSSR count). The first-order valence-electron chi connectivity index (χ1n) is 11.2. The Morgan fingerprint density at radius 1 is 1.09 bits per heavy atom. The Bertz CT molecular complexity index is 1370. The van der Waals surface area contributed by atoms with E-state index in [2.05, 4.69) is 41.9 Å². The molecular formula is C26H26N8O. The Kier molecular flexibility index (Phi) is 6.83. The van der Waals surface area contributed by atoms with Crippen LogP contribution in [0.25, 0.3) is 0 Å². The summed E-state index contributed by atoms with van der Waals surface area (Å²) in [6, 6.07) is 13.3. The second kappa shape index (κ2) is 10.1. The van der Waals surface area contributed by atoms with Gasteiger partial charge >= 0.3 is 0 Å². The molecule has 0 aliphatic heterocycles. The van der Waals surface area contributed by atoms with Gasteiger partial charge in [0.25, 0.3) is 5.91 Å². The molecule has 0 atom stereocenters. The maximum Gasteiger partial charge on any atom is 0.255 e. The zero-order valence-electron chi connectivity index (χ0n) is 19.8. The van der Waals surface area contributed by atoms with Crippen molar-refractivity contribution in [2.45, 2.75) is 39.0 Å². The molecule has 0 aliphatic rings. The van der Waals surface area contributed by atoms with E-state index >= 15 is 0 Å². The molecule has 0 unspecified atom stereocenters. The van der Waals surface area contributed by atoms with Crippen molar-refractivity contribution in [2.75, 3.05) is 10.6 Å². The highest BCUT2D eigenvalue weighted by atomic mass is 16.1. The van der Waals surface area contributed by atoms with Gasteiger partial charge in [-0.2, -0.15) is 10.4 Å². The maximum absolute atomic E-state index is 12.9. The summed E-state index contributed by atoms with van der Waals surface area (Å²) in [6.45, 7) is 5.60. The maximum atomic E-state index is 12.9. The second-order valence-electron chi connectivity index (χ2n) is 8.75. The van der Waals surface area contributed by atoms with Gasteiger partial charge in [0.1, 0.15) is 11.6 Å². The van der Waals surface area contributed by atoms with Crippen molar-refractivity contribution in [1.29, 1.82) is 5.26 Å². The third-order valence-electron chi connectivity index (χ3n) is 5.66. The summed E-state index contributed by atoms with van der Waals surface area (Å²) in [4.78, 5) is 25.3. The number of aryl methyl sites for hydroxylation is 3. The number of rotatable bonds is 8. The van der Waals surface area contributed by atoms with Crippen LogP contribution in [-0.4, -0.2) is 31.1 Å². The minimum Gasteiger partial charge on any atom is -0.324 e. The van der Waals surface area contributed by atoms with Crippen LogP contribution in [0.5, 0.6) is 0 Å². The van der Waals surface area contributed by atoms with E-state index in [1.54, 1.807) is 50.8 Å². The van der Waals surface area contributed by atoms with Crippen LogP contribution in [0.15, 0.2) is 61.2 Å². The standard InChI is InChI=1S/C26H26N8O/c1-17-4-6-20(31-25(35)19-8-9-29-22(13-19)26(2,3)16-27)12-18(17)5-7-21-14-23(34-33-21)32-24-15-28-10-11-30-24/h4,6,8-15H,5,7H2,1-3H3,(H,31,35)(H2,30,32,33,34). The summed E-state index contributed by atoms with van der Waals surface area (Å²) in [5.74, 6) is 1.14. The van der Waals surface area contributed by atoms with Gasteiger partial charge in [0.2, 0.25) is 0 Å². The van der Waals surface area contributed by atoms with Crippen LogP contribution < -0.4 is 10.6 Å². The van der Waals surface area contributed by atoms with Crippen LogP contribution in [0.1, 0.15) is 46.7 Å². The topological polar surface area (TPSA) is 132 Å². The van der Waals surface area contributed by atoms with Crippen LogP contribution in [-0.2, 0) is 18.3 Å². The van der Waals surface area contributed by atoms with Gasteiger partial charge in [0.05, 0.1) is 29.1 Å². The quantitative estimate of drug-likeness (QED) is 0.349. The van der Waals surface area contributed by atoms with Crippen molar-refractivity contribution in [2.24, 2.45) is 0 Å². The molecule has 0 fully saturated rings. The number of benzene rings is 1. The molecule has 0 saturated heterocycles. The fourth-order valence-corrected chi connectivity index (χ4v) is 3.51. The fourth-order valence-electron chi connectivity index (χ4n) is 3.51. The molecule has 3 N–H and O–H groups in total. The highest BCUT2D eigenvalue weighted by molar-refractivity contribution is 6.04. The van der Waals surface area contributed by atoms with Crippen LogP contribution in [0, 0.1) is 18.3 Å². The molecule has 3 aromatic heterocycles. The van der Waals surface area contributed by atoms with E-state index in [1.165, 1.54) is 0 Å². The van der Waals surface area contributed by atoms with E-state index in [4.69, 9.17) is 0 Å². The summed E-state index contributed by atoms with van der Waals surface area (Å²) >= 11 is 0. The van der Waals surface area contributed by atoms with Gasteiger partial charge in [-0.25, -0.2) is 4.98 Å². The van der Waals surface area contributed by atoms with E-state index in [0.717, 1.165) is 35.5 Å². The molecule has 0 aliphatic carbocycles. The Labute approximate surface area is 203 Å². The van der Waals surface area contributed by atoms with E-state index in [1.807, 2.05) is 31.2 Å². The minimum absolute atomic E-state index is 0.246. The van der Waals surface area contributed by atoms with Crippen LogP contribution in [0.2, 0.25) is 0 Å². The average Bonchev–Trinajstić information content (AvgIpc) is 3.32. The minimum atomic E-state index is -0.774. The zero-order valence-corrected chi connectivity index (χ0v) is 19.8. The lowest BCUT2D eigenvalue weighted by Crippen LogP contribution is -2.18. The second-order valence-corrected chi connectivity index (χ2v) is 8.75. The molecule has 1 amide bonds. The number of anilines is 3. The number of amides is 1. The van der Waals surface area contributed by atoms with Gasteiger partial charge < -0.3 is 10.6 Å². The van der Waals surface area contributed by atoms with Crippen LogP contribution in [0.3, 0.4) is 0 Å². The first-order chi connectivity index (χ1) is 16.8. The number of nitrogens with zero attached hydrogens (tertiary/aromatic N) is 5. The Morgan fingerprint density at radius 3 is 2.71 bits per heavy atom. The van der Waals surface area contributed by atoms with Crippen LogP contribution in [0.4, 0.5) is 17.3 Å². The number of H-pyrrole nitrogens is 1. The van der Waals surface area contributed by atoms with Crippen molar-refractivity contribution in [3.05, 3.63) is 89.3 Å². The summed E-state index contributed by atoms with van der Waals surface area (Å²) in [6.07, 6.45) is 7.93. The molecule has 9 nitrogen and oxygen atoms in total. The predicted octanol–water partition coefficient (Wildman–Crippen LogP) is 4.49. The summed E-state index contributed by atoms with van der Waals surface area (Å²) in [5.41, 5.74) is 4.12. The summed E-state index contributed by atoms with van der Waals surface area (Å²) in [7, 11) is 0. The molecule has 9 heteroatoms. The lowest BCUT2D eigenvalue weighted by molar-refractivity contribution is 0.102. The largest absolute Gasteiger partial charge is 0.324 e. The Balaban J connectivity index is 1.41.